The third-order valence-electron chi connectivity index (χ3n) is 2.32. The minimum Gasteiger partial charge on any atom is -0.462 e. The first-order valence-corrected chi connectivity index (χ1v) is 6.50. The molecule has 0 bridgehead atoms. The van der Waals surface area contributed by atoms with Crippen molar-refractivity contribution in [3.05, 3.63) is 34.7 Å². The van der Waals surface area contributed by atoms with Crippen LogP contribution in [0.4, 0.5) is 5.00 Å². The highest BCUT2D eigenvalue weighted by atomic mass is 32.1. The van der Waals surface area contributed by atoms with Crippen molar-refractivity contribution in [2.75, 3.05) is 11.9 Å². The Labute approximate surface area is 113 Å². The van der Waals surface area contributed by atoms with Crippen molar-refractivity contribution in [2.24, 2.45) is 0 Å². The molecule has 0 spiro atoms. The molecule has 19 heavy (non-hydrogen) atoms. The van der Waals surface area contributed by atoms with E-state index in [2.05, 4.69) is 15.3 Å². The summed E-state index contributed by atoms with van der Waals surface area (Å²) in [5.41, 5.74) is 0.707. The van der Waals surface area contributed by atoms with Crippen molar-refractivity contribution in [1.82, 2.24) is 9.97 Å². The molecule has 0 aliphatic heterocycles. The molecule has 0 aromatic carbocycles. The molecule has 7 heteroatoms. The van der Waals surface area contributed by atoms with E-state index < -0.39 is 5.97 Å². The Morgan fingerprint density at radius 1 is 1.53 bits per heavy atom. The first-order valence-electron chi connectivity index (χ1n) is 5.69. The topological polar surface area (TPSA) is 84.1 Å². The fourth-order valence-corrected chi connectivity index (χ4v) is 2.41. The van der Waals surface area contributed by atoms with Gasteiger partial charge in [0.15, 0.2) is 0 Å². The van der Waals surface area contributed by atoms with E-state index in [-0.39, 0.29) is 5.91 Å². The van der Waals surface area contributed by atoms with Crippen molar-refractivity contribution in [1.29, 1.82) is 0 Å². The molecule has 100 valence electrons. The zero-order valence-electron chi connectivity index (χ0n) is 10.5. The van der Waals surface area contributed by atoms with Crippen LogP contribution in [0.3, 0.4) is 0 Å². The SMILES string of the molecule is CCOC(=O)c1cc(C)sc1NC(=O)c1cnc[nH]1. The van der Waals surface area contributed by atoms with Crippen LogP contribution < -0.4 is 5.32 Å². The molecule has 0 saturated carbocycles. The number of carbonyl (C=O) groups excluding carboxylic acids is 2. The van der Waals surface area contributed by atoms with Gasteiger partial charge in [0.25, 0.3) is 5.91 Å². The standard InChI is InChI=1S/C12H13N3O3S/c1-3-18-12(17)8-4-7(2)19-11(8)15-10(16)9-5-13-6-14-9/h4-6H,3H2,1-2H3,(H,13,14)(H,15,16). The number of thiophene rings is 1. The third-order valence-corrected chi connectivity index (χ3v) is 3.29. The fraction of sp³-hybridized carbons (Fsp3) is 0.250. The van der Waals surface area contributed by atoms with Crippen molar-refractivity contribution >= 4 is 28.2 Å². The predicted octanol–water partition coefficient (Wildman–Crippen LogP) is 2.21. The molecule has 2 rings (SSSR count). The molecule has 0 atom stereocenters. The predicted molar refractivity (Wildman–Crippen MR) is 71.6 cm³/mol. The number of anilines is 1. The van der Waals surface area contributed by atoms with Crippen LogP contribution in [0.1, 0.15) is 32.6 Å². The van der Waals surface area contributed by atoms with Gasteiger partial charge in [0.1, 0.15) is 10.7 Å². The maximum atomic E-state index is 11.9. The Kier molecular flexibility index (Phi) is 3.96. The summed E-state index contributed by atoms with van der Waals surface area (Å²) in [7, 11) is 0. The van der Waals surface area contributed by atoms with Crippen molar-refractivity contribution < 1.29 is 14.3 Å². The van der Waals surface area contributed by atoms with Crippen LogP contribution in [0.25, 0.3) is 0 Å². The van der Waals surface area contributed by atoms with Gasteiger partial charge in [-0.05, 0) is 19.9 Å². The normalized spacial score (nSPS) is 10.2. The molecule has 0 aliphatic rings. The molecular formula is C12H13N3O3S. The molecule has 0 aliphatic carbocycles. The molecular weight excluding hydrogens is 266 g/mol. The monoisotopic (exact) mass is 279 g/mol. The van der Waals surface area contributed by atoms with Gasteiger partial charge in [0.2, 0.25) is 0 Å². The van der Waals surface area contributed by atoms with Gasteiger partial charge in [-0.1, -0.05) is 0 Å². The highest BCUT2D eigenvalue weighted by Gasteiger charge is 2.18. The maximum absolute atomic E-state index is 11.9. The average molecular weight is 279 g/mol. The second-order valence-corrected chi connectivity index (χ2v) is 5.00. The van der Waals surface area contributed by atoms with E-state index >= 15 is 0 Å². The zero-order valence-corrected chi connectivity index (χ0v) is 11.3. The summed E-state index contributed by atoms with van der Waals surface area (Å²) in [4.78, 5) is 31.0. The first-order chi connectivity index (χ1) is 9.11. The largest absolute Gasteiger partial charge is 0.462 e. The summed E-state index contributed by atoms with van der Waals surface area (Å²) in [5, 5.41) is 3.16. The second-order valence-electron chi connectivity index (χ2n) is 3.74. The first kappa shape index (κ1) is 13.3. The number of H-pyrrole nitrogens is 1. The molecule has 1 amide bonds. The van der Waals surface area contributed by atoms with Crippen LogP contribution in [-0.2, 0) is 4.74 Å². The Hall–Kier alpha value is -2.15. The van der Waals surface area contributed by atoms with E-state index in [1.807, 2.05) is 6.92 Å². The number of rotatable bonds is 4. The van der Waals surface area contributed by atoms with E-state index in [0.717, 1.165) is 4.88 Å². The number of nitrogens with zero attached hydrogens (tertiary/aromatic N) is 1. The summed E-state index contributed by atoms with van der Waals surface area (Å²) in [6, 6.07) is 1.70. The number of esters is 1. The van der Waals surface area contributed by atoms with Gasteiger partial charge < -0.3 is 15.0 Å². The molecule has 2 aromatic heterocycles. The molecule has 2 aromatic rings. The Morgan fingerprint density at radius 3 is 2.95 bits per heavy atom. The number of hydrogen-bond donors (Lipinski definition) is 2. The molecule has 2 N–H and O–H groups in total. The molecule has 2 heterocycles. The van der Waals surface area contributed by atoms with Crippen LogP contribution in [0.5, 0.6) is 0 Å². The summed E-state index contributed by atoms with van der Waals surface area (Å²) in [5.74, 6) is -0.781. The number of imidazole rings is 1. The van der Waals surface area contributed by atoms with Crippen molar-refractivity contribution in [3.63, 3.8) is 0 Å². The van der Waals surface area contributed by atoms with Gasteiger partial charge >= 0.3 is 5.97 Å². The molecule has 0 radical (unpaired) electrons. The smallest absolute Gasteiger partial charge is 0.341 e. The van der Waals surface area contributed by atoms with Crippen molar-refractivity contribution in [3.8, 4) is 0 Å². The van der Waals surface area contributed by atoms with Crippen LogP contribution in [0.15, 0.2) is 18.6 Å². The summed E-state index contributed by atoms with van der Waals surface area (Å²) < 4.78 is 4.95. The van der Waals surface area contributed by atoms with Gasteiger partial charge in [-0.25, -0.2) is 9.78 Å². The lowest BCUT2D eigenvalue weighted by atomic mass is 10.3. The minimum absolute atomic E-state index is 0.293. The highest BCUT2D eigenvalue weighted by molar-refractivity contribution is 7.16. The van der Waals surface area contributed by atoms with Gasteiger partial charge in [0.05, 0.1) is 24.7 Å². The Morgan fingerprint density at radius 2 is 2.32 bits per heavy atom. The number of amides is 1. The zero-order chi connectivity index (χ0) is 13.8. The van der Waals surface area contributed by atoms with Crippen LogP contribution in [0, 0.1) is 6.92 Å². The summed E-state index contributed by atoms with van der Waals surface area (Å²) in [6.07, 6.45) is 2.83. The number of aromatic nitrogens is 2. The Balaban J connectivity index is 2.20. The Bertz CT molecular complexity index is 589. The van der Waals surface area contributed by atoms with E-state index in [9.17, 15) is 9.59 Å². The van der Waals surface area contributed by atoms with Crippen LogP contribution in [-0.4, -0.2) is 28.5 Å². The van der Waals surface area contributed by atoms with E-state index in [4.69, 9.17) is 4.74 Å². The molecule has 0 fully saturated rings. The number of hydrogen-bond acceptors (Lipinski definition) is 5. The van der Waals surface area contributed by atoms with Crippen LogP contribution >= 0.6 is 11.3 Å². The van der Waals surface area contributed by atoms with E-state index in [1.54, 1.807) is 13.0 Å². The minimum atomic E-state index is -0.438. The van der Waals surface area contributed by atoms with Gasteiger partial charge in [0, 0.05) is 4.88 Å². The van der Waals surface area contributed by atoms with E-state index in [0.29, 0.717) is 22.9 Å². The summed E-state index contributed by atoms with van der Waals surface area (Å²) >= 11 is 1.33. The highest BCUT2D eigenvalue weighted by Crippen LogP contribution is 2.28. The number of carbonyl (C=O) groups is 2. The third kappa shape index (κ3) is 3.00. The quantitative estimate of drug-likeness (QED) is 0.840. The number of nitrogens with one attached hydrogen (secondary N) is 2. The average Bonchev–Trinajstić information content (AvgIpc) is 2.98. The molecule has 0 saturated heterocycles. The lowest BCUT2D eigenvalue weighted by Crippen LogP contribution is -2.14. The van der Waals surface area contributed by atoms with Gasteiger partial charge in [-0.2, -0.15) is 0 Å². The molecule has 6 nitrogen and oxygen atoms in total. The van der Waals surface area contributed by atoms with Crippen LogP contribution in [0.2, 0.25) is 0 Å². The fourth-order valence-electron chi connectivity index (χ4n) is 1.52. The summed E-state index contributed by atoms with van der Waals surface area (Å²) in [6.45, 7) is 3.89. The van der Waals surface area contributed by atoms with Crippen molar-refractivity contribution in [2.45, 2.75) is 13.8 Å². The van der Waals surface area contributed by atoms with Gasteiger partial charge in [-0.3, -0.25) is 4.79 Å². The molecule has 0 unspecified atom stereocenters. The second kappa shape index (κ2) is 5.66. The van der Waals surface area contributed by atoms with E-state index in [1.165, 1.54) is 23.9 Å². The number of aryl methyl sites for hydroxylation is 1. The van der Waals surface area contributed by atoms with Gasteiger partial charge in [-0.15, -0.1) is 11.3 Å². The lowest BCUT2D eigenvalue weighted by molar-refractivity contribution is 0.0528. The number of ether oxygens (including phenoxy) is 1. The maximum Gasteiger partial charge on any atom is 0.341 e. The number of aromatic amines is 1. The lowest BCUT2D eigenvalue weighted by Gasteiger charge is -2.04.